The lowest BCUT2D eigenvalue weighted by Crippen LogP contribution is -2.40. The zero-order valence-electron chi connectivity index (χ0n) is 13.0. The van der Waals surface area contributed by atoms with Crippen LogP contribution in [0.1, 0.15) is 57.7 Å². The molecule has 1 aromatic rings. The summed E-state index contributed by atoms with van der Waals surface area (Å²) in [5.74, 6) is 1.62. The lowest BCUT2D eigenvalue weighted by atomic mass is 9.84. The van der Waals surface area contributed by atoms with Gasteiger partial charge in [0.15, 0.2) is 0 Å². The molecule has 4 atom stereocenters. The molecule has 0 radical (unpaired) electrons. The molecular formula is C18H26ClN. The normalized spacial score (nSPS) is 35.2. The fraction of sp³-hybridized carbons (Fsp3) is 0.667. The predicted octanol–water partition coefficient (Wildman–Crippen LogP) is 4.99. The quantitative estimate of drug-likeness (QED) is 0.809. The fourth-order valence-corrected chi connectivity index (χ4v) is 4.32. The van der Waals surface area contributed by atoms with Gasteiger partial charge in [-0.1, -0.05) is 45.4 Å². The van der Waals surface area contributed by atoms with E-state index in [0.29, 0.717) is 12.1 Å². The summed E-state index contributed by atoms with van der Waals surface area (Å²) in [6.07, 6.45) is 3.81. The maximum Gasteiger partial charge on any atom is 0.0409 e. The van der Waals surface area contributed by atoms with Crippen LogP contribution in [0.3, 0.4) is 0 Å². The second kappa shape index (κ2) is 5.03. The van der Waals surface area contributed by atoms with E-state index in [2.05, 4.69) is 45.1 Å². The molecule has 1 nitrogen and oxygen atoms in total. The van der Waals surface area contributed by atoms with Crippen molar-refractivity contribution >= 4 is 11.6 Å². The number of halogens is 1. The monoisotopic (exact) mass is 291 g/mol. The topological polar surface area (TPSA) is 12.0 Å². The Balaban J connectivity index is 1.87. The Morgan fingerprint density at radius 1 is 1.20 bits per heavy atom. The molecule has 1 saturated carbocycles. The Morgan fingerprint density at radius 3 is 2.60 bits per heavy atom. The van der Waals surface area contributed by atoms with Crippen LogP contribution in [0.15, 0.2) is 18.2 Å². The molecule has 2 aliphatic rings. The zero-order valence-corrected chi connectivity index (χ0v) is 13.8. The highest BCUT2D eigenvalue weighted by Crippen LogP contribution is 2.47. The van der Waals surface area contributed by atoms with E-state index in [4.69, 9.17) is 11.6 Å². The molecule has 4 unspecified atom stereocenters. The molecule has 1 aromatic carbocycles. The Hall–Kier alpha value is -0.530. The number of hydrogen-bond acceptors (Lipinski definition) is 1. The van der Waals surface area contributed by atoms with Crippen LogP contribution in [0.25, 0.3) is 0 Å². The van der Waals surface area contributed by atoms with Gasteiger partial charge < -0.3 is 5.32 Å². The van der Waals surface area contributed by atoms with Crippen LogP contribution in [0.4, 0.5) is 0 Å². The van der Waals surface area contributed by atoms with Gasteiger partial charge in [-0.3, -0.25) is 0 Å². The van der Waals surface area contributed by atoms with Gasteiger partial charge in [0, 0.05) is 17.1 Å². The molecule has 0 saturated heterocycles. The Morgan fingerprint density at radius 2 is 1.95 bits per heavy atom. The van der Waals surface area contributed by atoms with E-state index >= 15 is 0 Å². The van der Waals surface area contributed by atoms with Crippen LogP contribution >= 0.6 is 11.6 Å². The van der Waals surface area contributed by atoms with E-state index in [0.717, 1.165) is 23.3 Å². The van der Waals surface area contributed by atoms with E-state index in [1.54, 1.807) is 0 Å². The molecule has 0 aromatic heterocycles. The number of rotatable bonds is 2. The van der Waals surface area contributed by atoms with E-state index < -0.39 is 0 Å². The lowest BCUT2D eigenvalue weighted by molar-refractivity contribution is 0.227. The van der Waals surface area contributed by atoms with Gasteiger partial charge in [0.25, 0.3) is 0 Å². The van der Waals surface area contributed by atoms with Crippen molar-refractivity contribution in [2.45, 2.75) is 59.0 Å². The second-order valence-electron chi connectivity index (χ2n) is 7.63. The number of benzene rings is 1. The largest absolute Gasteiger partial charge is 0.306 e. The van der Waals surface area contributed by atoms with Gasteiger partial charge in [0.05, 0.1) is 0 Å². The van der Waals surface area contributed by atoms with Crippen molar-refractivity contribution < 1.29 is 0 Å². The minimum Gasteiger partial charge on any atom is -0.306 e. The average Bonchev–Trinajstić information content (AvgIpc) is 2.81. The smallest absolute Gasteiger partial charge is 0.0409 e. The zero-order chi connectivity index (χ0) is 14.5. The van der Waals surface area contributed by atoms with Gasteiger partial charge in [-0.05, 0) is 59.8 Å². The van der Waals surface area contributed by atoms with Gasteiger partial charge in [-0.25, -0.2) is 0 Å². The van der Waals surface area contributed by atoms with Crippen molar-refractivity contribution in [1.29, 1.82) is 0 Å². The minimum absolute atomic E-state index is 0.276. The molecule has 0 bridgehead atoms. The molecule has 0 amide bonds. The third-order valence-electron chi connectivity index (χ3n) is 5.69. The fourth-order valence-electron chi connectivity index (χ4n) is 4.14. The minimum atomic E-state index is 0.276. The van der Waals surface area contributed by atoms with Crippen molar-refractivity contribution in [3.8, 4) is 0 Å². The van der Waals surface area contributed by atoms with Crippen LogP contribution in [0, 0.1) is 17.3 Å². The summed E-state index contributed by atoms with van der Waals surface area (Å²) < 4.78 is 0. The summed E-state index contributed by atoms with van der Waals surface area (Å²) in [6, 6.07) is 7.50. The first-order valence-corrected chi connectivity index (χ1v) is 8.30. The highest BCUT2D eigenvalue weighted by molar-refractivity contribution is 6.30. The van der Waals surface area contributed by atoms with Crippen molar-refractivity contribution in [2.75, 3.05) is 0 Å². The summed E-state index contributed by atoms with van der Waals surface area (Å²) in [4.78, 5) is 0. The number of hydrogen-bond donors (Lipinski definition) is 1. The van der Waals surface area contributed by atoms with Gasteiger partial charge in [-0.2, -0.15) is 0 Å². The third-order valence-corrected chi connectivity index (χ3v) is 5.93. The Bertz CT molecular complexity index is 508. The summed E-state index contributed by atoms with van der Waals surface area (Å²) in [6.45, 7) is 9.54. The summed E-state index contributed by atoms with van der Waals surface area (Å²) >= 11 is 6.22. The molecule has 2 aliphatic carbocycles. The first-order chi connectivity index (χ1) is 9.38. The summed E-state index contributed by atoms with van der Waals surface area (Å²) in [7, 11) is 0. The average molecular weight is 292 g/mol. The summed E-state index contributed by atoms with van der Waals surface area (Å²) in [5.41, 5.74) is 3.17. The number of fused-ring (bicyclic) bond motifs is 1. The van der Waals surface area contributed by atoms with Gasteiger partial charge in [0.2, 0.25) is 0 Å². The molecule has 3 rings (SSSR count). The van der Waals surface area contributed by atoms with E-state index in [1.807, 2.05) is 6.07 Å². The SMILES string of the molecule is CC1CCC(NC2c3cc(Cl)ccc3CC2(C)C)C1C. The molecule has 20 heavy (non-hydrogen) atoms. The predicted molar refractivity (Wildman–Crippen MR) is 86.2 cm³/mol. The van der Waals surface area contributed by atoms with Crippen LogP contribution < -0.4 is 5.32 Å². The maximum atomic E-state index is 6.22. The Labute approximate surface area is 128 Å². The van der Waals surface area contributed by atoms with Crippen molar-refractivity contribution in [1.82, 2.24) is 5.32 Å². The van der Waals surface area contributed by atoms with Crippen molar-refractivity contribution in [3.05, 3.63) is 34.3 Å². The standard InChI is InChI=1S/C18H26ClN/c1-11-5-8-16(12(11)2)20-17-15-9-14(19)7-6-13(15)10-18(17,3)4/h6-7,9,11-12,16-17,20H,5,8,10H2,1-4H3. The molecule has 110 valence electrons. The van der Waals surface area contributed by atoms with Crippen LogP contribution in [0.5, 0.6) is 0 Å². The summed E-state index contributed by atoms with van der Waals surface area (Å²) in [5, 5.41) is 4.84. The van der Waals surface area contributed by atoms with Gasteiger partial charge in [-0.15, -0.1) is 0 Å². The van der Waals surface area contributed by atoms with E-state index in [9.17, 15) is 0 Å². The molecule has 0 spiro atoms. The highest BCUT2D eigenvalue weighted by atomic mass is 35.5. The Kier molecular flexibility index (Phi) is 3.63. The lowest BCUT2D eigenvalue weighted by Gasteiger charge is -2.33. The van der Waals surface area contributed by atoms with E-state index in [-0.39, 0.29) is 5.41 Å². The first kappa shape index (κ1) is 14.4. The van der Waals surface area contributed by atoms with Gasteiger partial charge in [0.1, 0.15) is 0 Å². The van der Waals surface area contributed by atoms with Crippen LogP contribution in [-0.2, 0) is 6.42 Å². The van der Waals surface area contributed by atoms with Crippen molar-refractivity contribution in [3.63, 3.8) is 0 Å². The van der Waals surface area contributed by atoms with Crippen LogP contribution in [-0.4, -0.2) is 6.04 Å². The number of nitrogens with one attached hydrogen (secondary N) is 1. The molecule has 0 aliphatic heterocycles. The van der Waals surface area contributed by atoms with Crippen molar-refractivity contribution in [2.24, 2.45) is 17.3 Å². The second-order valence-corrected chi connectivity index (χ2v) is 8.06. The molecule has 1 N–H and O–H groups in total. The van der Waals surface area contributed by atoms with Crippen LogP contribution in [0.2, 0.25) is 5.02 Å². The maximum absolute atomic E-state index is 6.22. The highest BCUT2D eigenvalue weighted by Gasteiger charge is 2.41. The molecule has 0 heterocycles. The van der Waals surface area contributed by atoms with Gasteiger partial charge >= 0.3 is 0 Å². The third kappa shape index (κ3) is 2.40. The first-order valence-electron chi connectivity index (χ1n) is 7.93. The molecule has 1 fully saturated rings. The molecule has 2 heteroatoms. The molecular weight excluding hydrogens is 266 g/mol. The van der Waals surface area contributed by atoms with E-state index in [1.165, 1.54) is 24.0 Å².